The predicted molar refractivity (Wildman–Crippen MR) is 145 cm³/mol. The normalized spacial score (nSPS) is 10.6. The van der Waals surface area contributed by atoms with Gasteiger partial charge in [0.15, 0.2) is 11.5 Å². The highest BCUT2D eigenvalue weighted by atomic mass is 32.2. The first-order valence-corrected chi connectivity index (χ1v) is 13.0. The van der Waals surface area contributed by atoms with E-state index < -0.39 is 0 Å². The van der Waals surface area contributed by atoms with Crippen molar-refractivity contribution in [2.24, 2.45) is 0 Å². The van der Waals surface area contributed by atoms with Gasteiger partial charge in [0.05, 0.1) is 18.5 Å². The molecule has 4 rings (SSSR count). The standard InChI is InChI=1S/C29H27NO3S2/c1-21-12-10-11-17-25(21)30(22(2)31)26-18-28(33-20-34-23-13-6-4-7-14-23)27(32-3)19-29(26)35-24-15-8-5-9-16-24/h4-19H,20H2,1-3H3. The van der Waals surface area contributed by atoms with Gasteiger partial charge in [0.1, 0.15) is 5.94 Å². The molecule has 0 N–H and O–H groups in total. The number of ether oxygens (including phenoxy) is 2. The Morgan fingerprint density at radius 3 is 2.06 bits per heavy atom. The Balaban J connectivity index is 1.76. The van der Waals surface area contributed by atoms with Crippen LogP contribution in [0.4, 0.5) is 11.4 Å². The van der Waals surface area contributed by atoms with Crippen LogP contribution < -0.4 is 14.4 Å². The molecule has 1 amide bonds. The Labute approximate surface area is 215 Å². The van der Waals surface area contributed by atoms with Crippen molar-refractivity contribution >= 4 is 40.8 Å². The van der Waals surface area contributed by atoms with Crippen molar-refractivity contribution in [1.29, 1.82) is 0 Å². The summed E-state index contributed by atoms with van der Waals surface area (Å²) in [6, 6.07) is 31.9. The van der Waals surface area contributed by atoms with E-state index in [0.717, 1.165) is 31.6 Å². The highest BCUT2D eigenvalue weighted by Crippen LogP contribution is 2.45. The Kier molecular flexibility index (Phi) is 8.40. The van der Waals surface area contributed by atoms with Crippen molar-refractivity contribution in [3.8, 4) is 11.5 Å². The molecule has 0 aliphatic rings. The van der Waals surface area contributed by atoms with Crippen molar-refractivity contribution in [3.63, 3.8) is 0 Å². The molecule has 35 heavy (non-hydrogen) atoms. The van der Waals surface area contributed by atoms with E-state index in [1.165, 1.54) is 0 Å². The van der Waals surface area contributed by atoms with Gasteiger partial charge in [0.25, 0.3) is 0 Å². The Bertz CT molecular complexity index is 1280. The molecular weight excluding hydrogens is 474 g/mol. The molecule has 4 aromatic rings. The molecule has 0 bridgehead atoms. The minimum Gasteiger partial charge on any atom is -0.493 e. The zero-order chi connectivity index (χ0) is 24.6. The van der Waals surface area contributed by atoms with E-state index >= 15 is 0 Å². The molecule has 178 valence electrons. The van der Waals surface area contributed by atoms with Gasteiger partial charge >= 0.3 is 0 Å². The van der Waals surface area contributed by atoms with Crippen LogP contribution in [0.1, 0.15) is 12.5 Å². The number of para-hydroxylation sites is 1. The zero-order valence-electron chi connectivity index (χ0n) is 19.9. The average Bonchev–Trinajstić information content (AvgIpc) is 2.87. The topological polar surface area (TPSA) is 38.8 Å². The fourth-order valence-electron chi connectivity index (χ4n) is 3.64. The van der Waals surface area contributed by atoms with Crippen LogP contribution in [0.2, 0.25) is 0 Å². The predicted octanol–water partition coefficient (Wildman–Crippen LogP) is 7.97. The second kappa shape index (κ2) is 11.9. The number of anilines is 2. The van der Waals surface area contributed by atoms with E-state index in [-0.39, 0.29) is 5.91 Å². The monoisotopic (exact) mass is 501 g/mol. The third kappa shape index (κ3) is 6.21. The smallest absolute Gasteiger partial charge is 0.228 e. The fraction of sp³-hybridized carbons (Fsp3) is 0.138. The first-order chi connectivity index (χ1) is 17.1. The van der Waals surface area contributed by atoms with Crippen molar-refractivity contribution in [1.82, 2.24) is 0 Å². The molecular formula is C29H27NO3S2. The van der Waals surface area contributed by atoms with Gasteiger partial charge in [0.2, 0.25) is 5.91 Å². The van der Waals surface area contributed by atoms with Gasteiger partial charge in [0, 0.05) is 33.7 Å². The largest absolute Gasteiger partial charge is 0.493 e. The van der Waals surface area contributed by atoms with E-state index in [4.69, 9.17) is 9.47 Å². The Hall–Kier alpha value is -3.35. The van der Waals surface area contributed by atoms with Crippen LogP contribution in [0, 0.1) is 6.92 Å². The number of nitrogens with zero attached hydrogens (tertiary/aromatic N) is 1. The van der Waals surface area contributed by atoms with Gasteiger partial charge in [-0.15, -0.1) is 0 Å². The van der Waals surface area contributed by atoms with Crippen LogP contribution in [0.3, 0.4) is 0 Å². The third-order valence-electron chi connectivity index (χ3n) is 5.31. The van der Waals surface area contributed by atoms with Crippen molar-refractivity contribution in [2.75, 3.05) is 17.9 Å². The fourth-order valence-corrected chi connectivity index (χ4v) is 5.28. The molecule has 4 aromatic carbocycles. The number of hydrogen-bond donors (Lipinski definition) is 0. The molecule has 0 unspecified atom stereocenters. The van der Waals surface area contributed by atoms with Crippen LogP contribution in [0.5, 0.6) is 11.5 Å². The molecule has 0 aliphatic heterocycles. The number of rotatable bonds is 9. The summed E-state index contributed by atoms with van der Waals surface area (Å²) in [6.07, 6.45) is 0. The molecule has 4 nitrogen and oxygen atoms in total. The summed E-state index contributed by atoms with van der Waals surface area (Å²) < 4.78 is 11.9. The van der Waals surface area contributed by atoms with Crippen molar-refractivity contribution < 1.29 is 14.3 Å². The highest BCUT2D eigenvalue weighted by molar-refractivity contribution is 7.99. The number of amides is 1. The molecule has 0 spiro atoms. The summed E-state index contributed by atoms with van der Waals surface area (Å²) in [5.41, 5.74) is 2.60. The number of aryl methyl sites for hydroxylation is 1. The average molecular weight is 502 g/mol. The molecule has 6 heteroatoms. The van der Waals surface area contributed by atoms with Gasteiger partial charge in [-0.05, 0) is 42.8 Å². The van der Waals surface area contributed by atoms with E-state index in [9.17, 15) is 4.79 Å². The number of hydrogen-bond acceptors (Lipinski definition) is 5. The maximum absolute atomic E-state index is 13.0. The number of carbonyl (C=O) groups excluding carboxylic acids is 1. The SMILES string of the molecule is COc1cc(Sc2ccccc2)c(N(C(C)=O)c2ccccc2C)cc1OCSc1ccccc1. The van der Waals surface area contributed by atoms with Crippen LogP contribution >= 0.6 is 23.5 Å². The number of carbonyl (C=O) groups is 1. The highest BCUT2D eigenvalue weighted by Gasteiger charge is 2.23. The van der Waals surface area contributed by atoms with E-state index in [0.29, 0.717) is 17.4 Å². The maximum Gasteiger partial charge on any atom is 0.228 e. The molecule has 0 atom stereocenters. The van der Waals surface area contributed by atoms with Gasteiger partial charge in [-0.25, -0.2) is 0 Å². The summed E-state index contributed by atoms with van der Waals surface area (Å²) in [5.74, 6) is 1.54. The van der Waals surface area contributed by atoms with E-state index in [2.05, 4.69) is 0 Å². The molecule has 0 radical (unpaired) electrons. The van der Waals surface area contributed by atoms with Gasteiger partial charge in [-0.1, -0.05) is 78.1 Å². The quantitative estimate of drug-likeness (QED) is 0.172. The number of methoxy groups -OCH3 is 1. The lowest BCUT2D eigenvalue weighted by Crippen LogP contribution is -2.24. The number of thioether (sulfide) groups is 1. The lowest BCUT2D eigenvalue weighted by atomic mass is 10.1. The van der Waals surface area contributed by atoms with E-state index in [1.54, 1.807) is 42.5 Å². The zero-order valence-corrected chi connectivity index (χ0v) is 21.6. The Morgan fingerprint density at radius 1 is 0.800 bits per heavy atom. The molecule has 0 aliphatic carbocycles. The second-order valence-electron chi connectivity index (χ2n) is 7.75. The van der Waals surface area contributed by atoms with Crippen LogP contribution in [0.25, 0.3) is 0 Å². The summed E-state index contributed by atoms with van der Waals surface area (Å²) in [5, 5.41) is 0. The molecule has 0 aromatic heterocycles. The third-order valence-corrected chi connectivity index (χ3v) is 7.21. The molecule has 0 fully saturated rings. The summed E-state index contributed by atoms with van der Waals surface area (Å²) in [4.78, 5) is 17.8. The maximum atomic E-state index is 13.0. The van der Waals surface area contributed by atoms with Gasteiger partial charge in [-0.2, -0.15) is 0 Å². The van der Waals surface area contributed by atoms with Crippen LogP contribution in [-0.4, -0.2) is 19.0 Å². The summed E-state index contributed by atoms with van der Waals surface area (Å²) in [7, 11) is 1.63. The lowest BCUT2D eigenvalue weighted by molar-refractivity contribution is -0.115. The molecule has 0 saturated heterocycles. The molecule has 0 heterocycles. The lowest BCUT2D eigenvalue weighted by Gasteiger charge is -2.27. The second-order valence-corrected chi connectivity index (χ2v) is 9.86. The summed E-state index contributed by atoms with van der Waals surface area (Å²) >= 11 is 3.18. The minimum atomic E-state index is -0.0796. The van der Waals surface area contributed by atoms with Crippen molar-refractivity contribution in [2.45, 2.75) is 28.5 Å². The van der Waals surface area contributed by atoms with Crippen molar-refractivity contribution in [3.05, 3.63) is 103 Å². The van der Waals surface area contributed by atoms with E-state index in [1.807, 2.05) is 104 Å². The molecule has 0 saturated carbocycles. The Morgan fingerprint density at radius 2 is 1.43 bits per heavy atom. The van der Waals surface area contributed by atoms with Crippen LogP contribution in [-0.2, 0) is 4.79 Å². The first-order valence-electron chi connectivity index (χ1n) is 11.2. The first kappa shape index (κ1) is 24.8. The van der Waals surface area contributed by atoms with Gasteiger partial charge < -0.3 is 9.47 Å². The van der Waals surface area contributed by atoms with Gasteiger partial charge in [-0.3, -0.25) is 9.69 Å². The van der Waals surface area contributed by atoms with Crippen LogP contribution in [0.15, 0.2) is 112 Å². The summed E-state index contributed by atoms with van der Waals surface area (Å²) in [6.45, 7) is 3.59. The minimum absolute atomic E-state index is 0.0796. The number of benzene rings is 4.